The lowest BCUT2D eigenvalue weighted by Gasteiger charge is -2.58. The number of non-ortho nitro benzene ring substituents is 1. The predicted octanol–water partition coefficient (Wildman–Crippen LogP) is 10.5. The fraction of sp³-hybridized carbons (Fsp3) is 0.735. The van der Waals surface area contributed by atoms with Crippen LogP contribution in [0.3, 0.4) is 0 Å². The lowest BCUT2D eigenvalue weighted by molar-refractivity contribution is -0.384. The third-order valence-corrected chi connectivity index (χ3v) is 12.7. The Morgan fingerprint density at radius 1 is 1.00 bits per heavy atom. The average molecular weight is 568 g/mol. The molecular formula is C34H49NO4S. The van der Waals surface area contributed by atoms with Crippen molar-refractivity contribution in [3.63, 3.8) is 0 Å². The van der Waals surface area contributed by atoms with E-state index in [2.05, 4.69) is 26.8 Å². The second-order valence-corrected chi connectivity index (χ2v) is 15.0. The summed E-state index contributed by atoms with van der Waals surface area (Å²) < 4.78 is 5.50. The molecule has 0 N–H and O–H groups in total. The van der Waals surface area contributed by atoms with Gasteiger partial charge in [0.1, 0.15) is 5.75 Å². The minimum absolute atomic E-state index is 0.00415. The van der Waals surface area contributed by atoms with Gasteiger partial charge in [-0.05, 0) is 116 Å². The van der Waals surface area contributed by atoms with Crippen molar-refractivity contribution >= 4 is 22.8 Å². The van der Waals surface area contributed by atoms with Gasteiger partial charge < -0.3 is 4.74 Å². The molecule has 3 fully saturated rings. The van der Waals surface area contributed by atoms with Crippen LogP contribution in [0.25, 0.3) is 0 Å². The molecule has 40 heavy (non-hydrogen) atoms. The molecule has 1 aromatic carbocycles. The molecule has 4 aliphatic carbocycles. The van der Waals surface area contributed by atoms with Gasteiger partial charge in [0.15, 0.2) is 0 Å². The standard InChI is InChI=1S/C34H49NO4S/c1-4-5-6-7-8-9-10-24-12-18-30-29-17-11-25-23-28(19-21-34(25,3)31(29)20-22-33(24,30)2)40-32(36)39-27-15-13-26(14-16-27)35(37)38/h11,13-16,24,28-31H,4-10,12,17-23H2,1-3H3/t24-,28+,29+,30-,31+,33-,34+/m1/s1. The van der Waals surface area contributed by atoms with Crippen LogP contribution in [0, 0.1) is 44.6 Å². The van der Waals surface area contributed by atoms with Crippen molar-refractivity contribution in [2.45, 2.75) is 122 Å². The molecule has 5 rings (SSSR count). The molecular weight excluding hydrogens is 518 g/mol. The van der Waals surface area contributed by atoms with Crippen molar-refractivity contribution in [1.82, 2.24) is 0 Å². The Morgan fingerprint density at radius 2 is 1.75 bits per heavy atom. The first-order chi connectivity index (χ1) is 19.2. The Kier molecular flexibility index (Phi) is 9.34. The Labute approximate surface area is 245 Å². The Hall–Kier alpha value is -1.82. The smallest absolute Gasteiger partial charge is 0.372 e. The van der Waals surface area contributed by atoms with E-state index in [1.165, 1.54) is 113 Å². The topological polar surface area (TPSA) is 69.4 Å². The number of unbranched alkanes of at least 4 members (excludes halogenated alkanes) is 5. The van der Waals surface area contributed by atoms with Gasteiger partial charge in [-0.3, -0.25) is 10.1 Å². The van der Waals surface area contributed by atoms with E-state index in [0.717, 1.165) is 42.9 Å². The predicted molar refractivity (Wildman–Crippen MR) is 164 cm³/mol. The molecule has 3 saturated carbocycles. The van der Waals surface area contributed by atoms with Gasteiger partial charge in [-0.1, -0.05) is 70.9 Å². The highest BCUT2D eigenvalue weighted by atomic mass is 32.2. The highest BCUT2D eigenvalue weighted by Gasteiger charge is 2.58. The number of benzene rings is 1. The third kappa shape index (κ3) is 6.03. The van der Waals surface area contributed by atoms with E-state index in [9.17, 15) is 14.9 Å². The molecule has 0 bridgehead atoms. The van der Waals surface area contributed by atoms with Crippen molar-refractivity contribution in [3.05, 3.63) is 46.0 Å². The van der Waals surface area contributed by atoms with Crippen LogP contribution < -0.4 is 4.74 Å². The van der Waals surface area contributed by atoms with Crippen molar-refractivity contribution in [2.75, 3.05) is 0 Å². The number of hydrogen-bond donors (Lipinski definition) is 0. The van der Waals surface area contributed by atoms with Crippen molar-refractivity contribution in [3.8, 4) is 5.75 Å². The number of rotatable bonds is 10. The van der Waals surface area contributed by atoms with Gasteiger partial charge in [0.05, 0.1) is 4.92 Å². The van der Waals surface area contributed by atoms with Crippen molar-refractivity contribution < 1.29 is 14.5 Å². The SMILES string of the molecule is CCCCCCCC[C@@H]1CC[C@@H]2[C@@H]3CC=C4C[C@@H](SC(=O)Oc5ccc([N+](=O)[O-])cc5)CC[C@]4(C)[C@H]3CC[C@]12C. The molecule has 0 amide bonds. The van der Waals surface area contributed by atoms with Gasteiger partial charge in [-0.15, -0.1) is 0 Å². The Balaban J connectivity index is 1.16. The summed E-state index contributed by atoms with van der Waals surface area (Å²) in [7, 11) is 0. The number of carbonyl (C=O) groups excluding carboxylic acids is 1. The normalized spacial score (nSPS) is 34.8. The first-order valence-corrected chi connectivity index (χ1v) is 16.9. The zero-order chi connectivity index (χ0) is 28.3. The van der Waals surface area contributed by atoms with E-state index in [1.54, 1.807) is 5.57 Å². The van der Waals surface area contributed by atoms with Gasteiger partial charge in [-0.2, -0.15) is 0 Å². The van der Waals surface area contributed by atoms with Gasteiger partial charge in [0.2, 0.25) is 0 Å². The summed E-state index contributed by atoms with van der Waals surface area (Å²) >= 11 is 1.30. The highest BCUT2D eigenvalue weighted by molar-refractivity contribution is 8.13. The molecule has 7 atom stereocenters. The highest BCUT2D eigenvalue weighted by Crippen LogP contribution is 2.67. The summed E-state index contributed by atoms with van der Waals surface area (Å²) in [5.74, 6) is 3.79. The quantitative estimate of drug-likeness (QED) is 0.0924. The largest absolute Gasteiger partial charge is 0.418 e. The lowest BCUT2D eigenvalue weighted by atomic mass is 9.47. The number of carbonyl (C=O) groups is 1. The summed E-state index contributed by atoms with van der Waals surface area (Å²) in [6, 6.07) is 5.74. The number of hydrogen-bond acceptors (Lipinski definition) is 5. The molecule has 0 saturated heterocycles. The molecule has 6 heteroatoms. The fourth-order valence-corrected chi connectivity index (χ4v) is 10.3. The molecule has 0 unspecified atom stereocenters. The summed E-state index contributed by atoms with van der Waals surface area (Å²) in [6.45, 7) is 7.50. The summed E-state index contributed by atoms with van der Waals surface area (Å²) in [4.78, 5) is 23.1. The first kappa shape index (κ1) is 29.7. The number of thioether (sulfide) groups is 1. The van der Waals surface area contributed by atoms with E-state index >= 15 is 0 Å². The second-order valence-electron chi connectivity index (χ2n) is 13.7. The number of nitrogens with zero attached hydrogens (tertiary/aromatic N) is 1. The minimum Gasteiger partial charge on any atom is -0.418 e. The van der Waals surface area contributed by atoms with Gasteiger partial charge >= 0.3 is 5.30 Å². The van der Waals surface area contributed by atoms with E-state index in [0.29, 0.717) is 11.2 Å². The molecule has 0 heterocycles. The maximum atomic E-state index is 12.7. The van der Waals surface area contributed by atoms with Crippen LogP contribution in [-0.4, -0.2) is 15.5 Å². The molecule has 1 aromatic rings. The van der Waals surface area contributed by atoms with E-state index in [1.807, 2.05) is 0 Å². The lowest BCUT2D eigenvalue weighted by Crippen LogP contribution is -2.50. The number of allylic oxidation sites excluding steroid dienone is 2. The summed E-state index contributed by atoms with van der Waals surface area (Å²) in [5, 5.41) is 10.8. The summed E-state index contributed by atoms with van der Waals surface area (Å²) in [6.07, 6.45) is 22.5. The maximum Gasteiger partial charge on any atom is 0.372 e. The maximum absolute atomic E-state index is 12.7. The zero-order valence-corrected chi connectivity index (χ0v) is 25.7. The van der Waals surface area contributed by atoms with Crippen LogP contribution in [0.15, 0.2) is 35.9 Å². The molecule has 0 aromatic heterocycles. The summed E-state index contributed by atoms with van der Waals surface area (Å²) in [5.41, 5.74) is 2.41. The molecule has 4 aliphatic rings. The average Bonchev–Trinajstić information content (AvgIpc) is 3.27. The molecule has 5 nitrogen and oxygen atoms in total. The Bertz CT molecular complexity index is 1090. The third-order valence-electron chi connectivity index (χ3n) is 11.7. The van der Waals surface area contributed by atoms with Gasteiger partial charge in [0.25, 0.3) is 5.69 Å². The van der Waals surface area contributed by atoms with Crippen LogP contribution in [0.2, 0.25) is 0 Å². The van der Waals surface area contributed by atoms with Crippen LogP contribution in [0.4, 0.5) is 10.5 Å². The molecule has 0 spiro atoms. The number of ether oxygens (including phenoxy) is 1. The number of fused-ring (bicyclic) bond motifs is 5. The van der Waals surface area contributed by atoms with E-state index in [4.69, 9.17) is 4.74 Å². The van der Waals surface area contributed by atoms with Crippen LogP contribution >= 0.6 is 11.8 Å². The minimum atomic E-state index is -0.448. The van der Waals surface area contributed by atoms with E-state index < -0.39 is 4.92 Å². The monoisotopic (exact) mass is 567 g/mol. The van der Waals surface area contributed by atoms with Gasteiger partial charge in [0, 0.05) is 17.4 Å². The van der Waals surface area contributed by atoms with Gasteiger partial charge in [-0.25, -0.2) is 4.79 Å². The first-order valence-electron chi connectivity index (χ1n) is 16.1. The van der Waals surface area contributed by atoms with Crippen molar-refractivity contribution in [2.24, 2.45) is 34.5 Å². The fourth-order valence-electron chi connectivity index (χ4n) is 9.37. The van der Waals surface area contributed by atoms with Crippen molar-refractivity contribution in [1.29, 1.82) is 0 Å². The second kappa shape index (κ2) is 12.6. The van der Waals surface area contributed by atoms with Crippen LogP contribution in [-0.2, 0) is 0 Å². The van der Waals surface area contributed by atoms with E-state index in [-0.39, 0.29) is 21.7 Å². The van der Waals surface area contributed by atoms with Crippen LogP contribution in [0.1, 0.15) is 117 Å². The molecule has 0 aliphatic heterocycles. The zero-order valence-electron chi connectivity index (χ0n) is 24.9. The Morgan fingerprint density at radius 3 is 2.50 bits per heavy atom. The number of nitro benzene ring substituents is 1. The molecule has 0 radical (unpaired) electrons. The number of nitro groups is 1. The molecule has 220 valence electrons. The van der Waals surface area contributed by atoms with Crippen LogP contribution in [0.5, 0.6) is 5.75 Å².